The highest BCUT2D eigenvalue weighted by atomic mass is 32.2. The van der Waals surface area contributed by atoms with Crippen LogP contribution in [0.2, 0.25) is 0 Å². The molecule has 5 heteroatoms. The van der Waals surface area contributed by atoms with Crippen molar-refractivity contribution in [3.63, 3.8) is 0 Å². The second-order valence-corrected chi connectivity index (χ2v) is 5.74. The van der Waals surface area contributed by atoms with Crippen molar-refractivity contribution in [1.29, 1.82) is 0 Å². The SMILES string of the molecule is CCNCc1cnc(Sc2nc(C)cc(C)n2)c(C)c1. The van der Waals surface area contributed by atoms with Crippen LogP contribution in [-0.2, 0) is 6.54 Å². The standard InChI is InChI=1S/C15H20N4S/c1-5-16-8-13-6-10(2)14(17-9-13)20-15-18-11(3)7-12(4)19-15/h6-7,9,16H,5,8H2,1-4H3. The summed E-state index contributed by atoms with van der Waals surface area (Å²) >= 11 is 1.52. The van der Waals surface area contributed by atoms with Crippen molar-refractivity contribution in [2.24, 2.45) is 0 Å². The number of aromatic nitrogens is 3. The van der Waals surface area contributed by atoms with Gasteiger partial charge in [0, 0.05) is 24.1 Å². The zero-order valence-electron chi connectivity index (χ0n) is 12.4. The van der Waals surface area contributed by atoms with Gasteiger partial charge < -0.3 is 5.32 Å². The Bertz CT molecular complexity index is 578. The molecular weight excluding hydrogens is 268 g/mol. The molecule has 0 radical (unpaired) electrons. The van der Waals surface area contributed by atoms with Crippen LogP contribution in [0.4, 0.5) is 0 Å². The van der Waals surface area contributed by atoms with Crippen molar-refractivity contribution in [2.75, 3.05) is 6.54 Å². The lowest BCUT2D eigenvalue weighted by Gasteiger charge is -2.07. The van der Waals surface area contributed by atoms with Gasteiger partial charge in [0.25, 0.3) is 0 Å². The maximum atomic E-state index is 4.53. The molecule has 0 atom stereocenters. The van der Waals surface area contributed by atoms with Gasteiger partial charge in [-0.25, -0.2) is 15.0 Å². The first-order valence-corrected chi connectivity index (χ1v) is 7.56. The summed E-state index contributed by atoms with van der Waals surface area (Å²) in [7, 11) is 0. The quantitative estimate of drug-likeness (QED) is 0.857. The van der Waals surface area contributed by atoms with Gasteiger partial charge in [-0.15, -0.1) is 0 Å². The van der Waals surface area contributed by atoms with Crippen LogP contribution in [0.25, 0.3) is 0 Å². The first kappa shape index (κ1) is 14.9. The van der Waals surface area contributed by atoms with Crippen LogP contribution in [0, 0.1) is 20.8 Å². The Hall–Kier alpha value is -1.46. The van der Waals surface area contributed by atoms with Crippen molar-refractivity contribution in [1.82, 2.24) is 20.3 Å². The van der Waals surface area contributed by atoms with E-state index in [-0.39, 0.29) is 0 Å². The van der Waals surface area contributed by atoms with Crippen LogP contribution < -0.4 is 5.32 Å². The van der Waals surface area contributed by atoms with E-state index in [0.717, 1.165) is 40.2 Å². The zero-order chi connectivity index (χ0) is 14.5. The summed E-state index contributed by atoms with van der Waals surface area (Å²) in [4.78, 5) is 13.4. The van der Waals surface area contributed by atoms with E-state index in [9.17, 15) is 0 Å². The van der Waals surface area contributed by atoms with Crippen molar-refractivity contribution >= 4 is 11.8 Å². The fourth-order valence-corrected chi connectivity index (χ4v) is 2.80. The fourth-order valence-electron chi connectivity index (χ4n) is 1.92. The number of aryl methyl sites for hydroxylation is 3. The van der Waals surface area contributed by atoms with Crippen molar-refractivity contribution in [3.05, 3.63) is 40.8 Å². The highest BCUT2D eigenvalue weighted by Gasteiger charge is 2.07. The lowest BCUT2D eigenvalue weighted by molar-refractivity contribution is 0.721. The van der Waals surface area contributed by atoms with Crippen LogP contribution in [0.5, 0.6) is 0 Å². The molecule has 1 N–H and O–H groups in total. The van der Waals surface area contributed by atoms with Crippen LogP contribution >= 0.6 is 11.8 Å². The van der Waals surface area contributed by atoms with E-state index in [4.69, 9.17) is 0 Å². The molecule has 2 aromatic rings. The first-order chi connectivity index (χ1) is 9.58. The van der Waals surface area contributed by atoms with E-state index in [1.807, 2.05) is 26.1 Å². The molecule has 20 heavy (non-hydrogen) atoms. The zero-order valence-corrected chi connectivity index (χ0v) is 13.2. The maximum Gasteiger partial charge on any atom is 0.194 e. The predicted octanol–water partition coefficient (Wildman–Crippen LogP) is 3.06. The molecule has 2 aromatic heterocycles. The lowest BCUT2D eigenvalue weighted by atomic mass is 10.2. The molecule has 0 unspecified atom stereocenters. The number of rotatable bonds is 5. The average Bonchev–Trinajstić information content (AvgIpc) is 2.38. The third-order valence-corrected chi connectivity index (χ3v) is 3.80. The van der Waals surface area contributed by atoms with Crippen LogP contribution in [0.15, 0.2) is 28.5 Å². The molecule has 0 spiro atoms. The second-order valence-electron chi connectivity index (χ2n) is 4.78. The van der Waals surface area contributed by atoms with E-state index in [1.54, 1.807) is 0 Å². The van der Waals surface area contributed by atoms with Crippen molar-refractivity contribution in [2.45, 2.75) is 44.4 Å². The Balaban J connectivity index is 2.16. The summed E-state index contributed by atoms with van der Waals surface area (Å²) in [6, 6.07) is 4.14. The molecule has 0 aliphatic carbocycles. The van der Waals surface area contributed by atoms with Crippen LogP contribution in [0.3, 0.4) is 0 Å². The minimum Gasteiger partial charge on any atom is -0.313 e. The van der Waals surface area contributed by atoms with Crippen LogP contribution in [0.1, 0.15) is 29.4 Å². The molecule has 0 saturated heterocycles. The molecule has 106 valence electrons. The second kappa shape index (κ2) is 6.81. The average molecular weight is 288 g/mol. The minimum absolute atomic E-state index is 0.762. The number of nitrogens with zero attached hydrogens (tertiary/aromatic N) is 3. The normalized spacial score (nSPS) is 10.8. The summed E-state index contributed by atoms with van der Waals surface area (Å²) in [6.07, 6.45) is 1.92. The Morgan fingerprint density at radius 3 is 2.40 bits per heavy atom. The van der Waals surface area contributed by atoms with E-state index in [1.165, 1.54) is 17.3 Å². The van der Waals surface area contributed by atoms with Gasteiger partial charge in [-0.1, -0.05) is 13.0 Å². The molecule has 0 amide bonds. The number of pyridine rings is 1. The molecule has 0 saturated carbocycles. The molecule has 0 bridgehead atoms. The highest BCUT2D eigenvalue weighted by molar-refractivity contribution is 7.99. The van der Waals surface area contributed by atoms with Crippen molar-refractivity contribution < 1.29 is 0 Å². The van der Waals surface area contributed by atoms with Gasteiger partial charge >= 0.3 is 0 Å². The molecule has 2 rings (SSSR count). The summed E-state index contributed by atoms with van der Waals surface area (Å²) in [6.45, 7) is 9.97. The molecule has 0 aromatic carbocycles. The van der Waals surface area contributed by atoms with Crippen LogP contribution in [-0.4, -0.2) is 21.5 Å². The summed E-state index contributed by atoms with van der Waals surface area (Å²) < 4.78 is 0. The molecular formula is C15H20N4S. The van der Waals surface area contributed by atoms with Gasteiger partial charge in [-0.3, -0.25) is 0 Å². The van der Waals surface area contributed by atoms with Gasteiger partial charge in [0.1, 0.15) is 5.03 Å². The fraction of sp³-hybridized carbons (Fsp3) is 0.400. The summed E-state index contributed by atoms with van der Waals surface area (Å²) in [5, 5.41) is 5.03. The number of hydrogen-bond acceptors (Lipinski definition) is 5. The molecule has 0 fully saturated rings. The Morgan fingerprint density at radius 1 is 1.10 bits per heavy atom. The monoisotopic (exact) mass is 288 g/mol. The van der Waals surface area contributed by atoms with E-state index < -0.39 is 0 Å². The predicted molar refractivity (Wildman–Crippen MR) is 82.0 cm³/mol. The molecule has 0 aliphatic heterocycles. The van der Waals surface area contributed by atoms with Gasteiger partial charge in [-0.05, 0) is 56.3 Å². The summed E-state index contributed by atoms with van der Waals surface area (Å²) in [5.74, 6) is 0. The smallest absolute Gasteiger partial charge is 0.194 e. The highest BCUT2D eigenvalue weighted by Crippen LogP contribution is 2.26. The van der Waals surface area contributed by atoms with Crippen molar-refractivity contribution in [3.8, 4) is 0 Å². The third-order valence-electron chi connectivity index (χ3n) is 2.82. The topological polar surface area (TPSA) is 50.7 Å². The minimum atomic E-state index is 0.762. The Kier molecular flexibility index (Phi) is 5.09. The van der Waals surface area contributed by atoms with Gasteiger partial charge in [0.15, 0.2) is 5.16 Å². The van der Waals surface area contributed by atoms with Gasteiger partial charge in [0.2, 0.25) is 0 Å². The molecule has 2 heterocycles. The van der Waals surface area contributed by atoms with E-state index in [2.05, 4.69) is 40.2 Å². The van der Waals surface area contributed by atoms with E-state index in [0.29, 0.717) is 0 Å². The number of hydrogen-bond donors (Lipinski definition) is 1. The van der Waals surface area contributed by atoms with Gasteiger partial charge in [0.05, 0.1) is 0 Å². The largest absolute Gasteiger partial charge is 0.313 e. The molecule has 4 nitrogen and oxygen atoms in total. The van der Waals surface area contributed by atoms with Gasteiger partial charge in [-0.2, -0.15) is 0 Å². The molecule has 0 aliphatic rings. The first-order valence-electron chi connectivity index (χ1n) is 6.75. The van der Waals surface area contributed by atoms with E-state index >= 15 is 0 Å². The Labute approximate surface area is 124 Å². The Morgan fingerprint density at radius 2 is 1.80 bits per heavy atom. The third kappa shape index (κ3) is 4.02. The lowest BCUT2D eigenvalue weighted by Crippen LogP contribution is -2.12. The summed E-state index contributed by atoms with van der Waals surface area (Å²) in [5.41, 5.74) is 4.34. The number of nitrogens with one attached hydrogen (secondary N) is 1. The maximum absolute atomic E-state index is 4.53.